The van der Waals surface area contributed by atoms with Crippen LogP contribution >= 0.6 is 0 Å². The summed E-state index contributed by atoms with van der Waals surface area (Å²) in [5, 5.41) is 1.08. The molecule has 0 aliphatic heterocycles. The summed E-state index contributed by atoms with van der Waals surface area (Å²) in [6.07, 6.45) is 1.75. The first kappa shape index (κ1) is 12.5. The first-order valence-electron chi connectivity index (χ1n) is 6.46. The van der Waals surface area contributed by atoms with Crippen molar-refractivity contribution in [1.82, 2.24) is 4.98 Å². The van der Waals surface area contributed by atoms with Crippen LogP contribution in [0.15, 0.2) is 60.8 Å². The quantitative estimate of drug-likeness (QED) is 0.718. The molecule has 1 heterocycles. The van der Waals surface area contributed by atoms with E-state index in [4.69, 9.17) is 9.47 Å². The van der Waals surface area contributed by atoms with E-state index in [-0.39, 0.29) is 0 Å². The van der Waals surface area contributed by atoms with E-state index in [1.54, 1.807) is 13.3 Å². The van der Waals surface area contributed by atoms with E-state index in [2.05, 4.69) is 4.98 Å². The van der Waals surface area contributed by atoms with Gasteiger partial charge in [-0.3, -0.25) is 4.98 Å². The van der Waals surface area contributed by atoms with Gasteiger partial charge in [-0.1, -0.05) is 30.3 Å². The third kappa shape index (κ3) is 2.72. The Morgan fingerprint density at radius 3 is 2.75 bits per heavy atom. The van der Waals surface area contributed by atoms with Crippen LogP contribution < -0.4 is 9.47 Å². The summed E-state index contributed by atoms with van der Waals surface area (Å²) >= 11 is 0. The summed E-state index contributed by atoms with van der Waals surface area (Å²) in [6, 6.07) is 17.8. The maximum absolute atomic E-state index is 5.78. The van der Waals surface area contributed by atoms with Gasteiger partial charge in [-0.2, -0.15) is 0 Å². The van der Waals surface area contributed by atoms with E-state index in [0.29, 0.717) is 6.61 Å². The second-order valence-corrected chi connectivity index (χ2v) is 4.50. The minimum absolute atomic E-state index is 0.497. The molecule has 3 rings (SSSR count). The van der Waals surface area contributed by atoms with E-state index in [1.165, 1.54) is 0 Å². The molecule has 0 aliphatic carbocycles. The van der Waals surface area contributed by atoms with Gasteiger partial charge in [0, 0.05) is 5.39 Å². The first-order valence-corrected chi connectivity index (χ1v) is 6.46. The Bertz CT molecular complexity index is 725. The molecule has 0 amide bonds. The van der Waals surface area contributed by atoms with Crippen LogP contribution in [-0.2, 0) is 6.61 Å². The molecule has 0 saturated heterocycles. The summed E-state index contributed by atoms with van der Waals surface area (Å²) < 4.78 is 11.0. The Hall–Kier alpha value is -2.55. The zero-order valence-electron chi connectivity index (χ0n) is 11.2. The van der Waals surface area contributed by atoms with Crippen molar-refractivity contribution in [2.45, 2.75) is 6.61 Å². The Morgan fingerprint density at radius 1 is 0.950 bits per heavy atom. The van der Waals surface area contributed by atoms with Crippen molar-refractivity contribution in [1.29, 1.82) is 0 Å². The number of methoxy groups -OCH3 is 1. The third-order valence-corrected chi connectivity index (χ3v) is 3.11. The highest BCUT2D eigenvalue weighted by atomic mass is 16.5. The van der Waals surface area contributed by atoms with E-state index >= 15 is 0 Å². The Labute approximate surface area is 117 Å². The van der Waals surface area contributed by atoms with Gasteiger partial charge >= 0.3 is 0 Å². The maximum atomic E-state index is 5.78. The summed E-state index contributed by atoms with van der Waals surface area (Å²) in [5.41, 5.74) is 2.04. The van der Waals surface area contributed by atoms with Crippen molar-refractivity contribution in [2.75, 3.05) is 7.11 Å². The van der Waals surface area contributed by atoms with Crippen LogP contribution in [0, 0.1) is 0 Å². The van der Waals surface area contributed by atoms with E-state index in [9.17, 15) is 0 Å². The highest BCUT2D eigenvalue weighted by Crippen LogP contribution is 2.20. The number of benzene rings is 2. The van der Waals surface area contributed by atoms with Crippen LogP contribution in [0.25, 0.3) is 10.9 Å². The molecule has 3 aromatic rings. The second kappa shape index (κ2) is 5.61. The molecular formula is C17H15NO2. The van der Waals surface area contributed by atoms with Crippen molar-refractivity contribution in [3.8, 4) is 11.5 Å². The largest absolute Gasteiger partial charge is 0.497 e. The number of para-hydroxylation sites is 1. The summed E-state index contributed by atoms with van der Waals surface area (Å²) in [4.78, 5) is 4.38. The molecule has 100 valence electrons. The van der Waals surface area contributed by atoms with Crippen LogP contribution in [0.4, 0.5) is 0 Å². The van der Waals surface area contributed by atoms with Crippen LogP contribution in [0.3, 0.4) is 0 Å². The number of fused-ring (bicyclic) bond motifs is 1. The van der Waals surface area contributed by atoms with Gasteiger partial charge in [0.2, 0.25) is 0 Å². The Morgan fingerprint density at radius 2 is 1.85 bits per heavy atom. The predicted molar refractivity (Wildman–Crippen MR) is 79.1 cm³/mol. The molecule has 3 nitrogen and oxygen atoms in total. The summed E-state index contributed by atoms with van der Waals surface area (Å²) in [5.74, 6) is 1.61. The SMILES string of the molecule is COc1cccc(COc2cnc3ccccc3c2)c1. The Balaban J connectivity index is 1.76. The highest BCUT2D eigenvalue weighted by Gasteiger charge is 2.00. The predicted octanol–water partition coefficient (Wildman–Crippen LogP) is 3.82. The van der Waals surface area contributed by atoms with Crippen LogP contribution in [-0.4, -0.2) is 12.1 Å². The van der Waals surface area contributed by atoms with E-state index < -0.39 is 0 Å². The van der Waals surface area contributed by atoms with Gasteiger partial charge in [-0.05, 0) is 29.8 Å². The minimum atomic E-state index is 0.497. The van der Waals surface area contributed by atoms with Crippen LogP contribution in [0.1, 0.15) is 5.56 Å². The number of hydrogen-bond donors (Lipinski definition) is 0. The van der Waals surface area contributed by atoms with Gasteiger partial charge < -0.3 is 9.47 Å². The second-order valence-electron chi connectivity index (χ2n) is 4.50. The molecule has 0 atom stereocenters. The molecule has 0 aliphatic rings. The zero-order chi connectivity index (χ0) is 13.8. The smallest absolute Gasteiger partial charge is 0.138 e. The molecule has 0 fully saturated rings. The number of aromatic nitrogens is 1. The molecule has 0 N–H and O–H groups in total. The minimum Gasteiger partial charge on any atom is -0.497 e. The zero-order valence-corrected chi connectivity index (χ0v) is 11.2. The lowest BCUT2D eigenvalue weighted by atomic mass is 10.2. The summed E-state index contributed by atoms with van der Waals surface area (Å²) in [6.45, 7) is 0.497. The molecule has 3 heteroatoms. The van der Waals surface area contributed by atoms with Crippen LogP contribution in [0.5, 0.6) is 11.5 Å². The van der Waals surface area contributed by atoms with Crippen molar-refractivity contribution in [3.63, 3.8) is 0 Å². The van der Waals surface area contributed by atoms with Crippen LogP contribution in [0.2, 0.25) is 0 Å². The van der Waals surface area contributed by atoms with Gasteiger partial charge in [0.15, 0.2) is 0 Å². The molecule has 1 aromatic heterocycles. The van der Waals surface area contributed by atoms with Gasteiger partial charge in [0.25, 0.3) is 0 Å². The third-order valence-electron chi connectivity index (χ3n) is 3.11. The molecule has 20 heavy (non-hydrogen) atoms. The molecule has 0 saturated carbocycles. The standard InChI is InChI=1S/C17H15NO2/c1-19-15-7-4-5-13(9-15)12-20-16-10-14-6-2-3-8-17(14)18-11-16/h2-11H,12H2,1H3. The fraction of sp³-hybridized carbons (Fsp3) is 0.118. The first-order chi connectivity index (χ1) is 9.85. The maximum Gasteiger partial charge on any atom is 0.138 e. The van der Waals surface area contributed by atoms with Gasteiger partial charge in [-0.15, -0.1) is 0 Å². The van der Waals surface area contributed by atoms with Gasteiger partial charge in [-0.25, -0.2) is 0 Å². The van der Waals surface area contributed by atoms with Crippen molar-refractivity contribution < 1.29 is 9.47 Å². The summed E-state index contributed by atoms with van der Waals surface area (Å²) in [7, 11) is 1.66. The molecule has 2 aromatic carbocycles. The van der Waals surface area contributed by atoms with Gasteiger partial charge in [0.05, 0.1) is 18.8 Å². The molecule has 0 unspecified atom stereocenters. The number of hydrogen-bond acceptors (Lipinski definition) is 3. The number of rotatable bonds is 4. The van der Waals surface area contributed by atoms with Crippen molar-refractivity contribution in [3.05, 3.63) is 66.4 Å². The number of pyridine rings is 1. The molecular weight excluding hydrogens is 250 g/mol. The average molecular weight is 265 g/mol. The highest BCUT2D eigenvalue weighted by molar-refractivity contribution is 5.79. The normalized spacial score (nSPS) is 10.4. The topological polar surface area (TPSA) is 31.4 Å². The fourth-order valence-corrected chi connectivity index (χ4v) is 2.06. The number of ether oxygens (including phenoxy) is 2. The lowest BCUT2D eigenvalue weighted by molar-refractivity contribution is 0.304. The van der Waals surface area contributed by atoms with E-state index in [0.717, 1.165) is 28.0 Å². The Kier molecular flexibility index (Phi) is 3.50. The van der Waals surface area contributed by atoms with Crippen molar-refractivity contribution >= 4 is 10.9 Å². The lowest BCUT2D eigenvalue weighted by Gasteiger charge is -2.08. The van der Waals surface area contributed by atoms with Gasteiger partial charge in [0.1, 0.15) is 18.1 Å². The molecule has 0 radical (unpaired) electrons. The molecule has 0 spiro atoms. The van der Waals surface area contributed by atoms with E-state index in [1.807, 2.05) is 54.6 Å². The molecule has 0 bridgehead atoms. The number of nitrogens with zero attached hydrogens (tertiary/aromatic N) is 1. The fourth-order valence-electron chi connectivity index (χ4n) is 2.06. The monoisotopic (exact) mass is 265 g/mol. The van der Waals surface area contributed by atoms with Crippen molar-refractivity contribution in [2.24, 2.45) is 0 Å². The lowest BCUT2D eigenvalue weighted by Crippen LogP contribution is -1.96. The average Bonchev–Trinajstić information content (AvgIpc) is 2.53.